The van der Waals surface area contributed by atoms with Crippen molar-refractivity contribution in [3.05, 3.63) is 128 Å². The summed E-state index contributed by atoms with van der Waals surface area (Å²) in [5, 5.41) is 10.0. The summed E-state index contributed by atoms with van der Waals surface area (Å²) >= 11 is 13.2. The fourth-order valence-electron chi connectivity index (χ4n) is 4.78. The Bertz CT molecular complexity index is 1940. The molecule has 0 fully saturated rings. The highest BCUT2D eigenvalue weighted by Crippen LogP contribution is 2.36. The maximum absolute atomic E-state index is 13.7. The van der Waals surface area contributed by atoms with Gasteiger partial charge in [0.05, 0.1) is 50.6 Å². The summed E-state index contributed by atoms with van der Waals surface area (Å²) in [4.78, 5) is 46.1. The van der Waals surface area contributed by atoms with Crippen LogP contribution in [0.15, 0.2) is 78.9 Å². The van der Waals surface area contributed by atoms with Crippen LogP contribution in [0.4, 0.5) is 5.69 Å². The molecule has 0 aliphatic rings. The first kappa shape index (κ1) is 28.7. The van der Waals surface area contributed by atoms with Gasteiger partial charge in [0.2, 0.25) is 11.7 Å². The highest BCUT2D eigenvalue weighted by Gasteiger charge is 2.25. The first-order valence-corrected chi connectivity index (χ1v) is 13.7. The lowest BCUT2D eigenvalue weighted by molar-refractivity contribution is -0.117. The maximum atomic E-state index is 13.7. The zero-order valence-corrected chi connectivity index (χ0v) is 24.5. The molecule has 2 heterocycles. The zero-order valence-electron chi connectivity index (χ0n) is 23.0. The third-order valence-electron chi connectivity index (χ3n) is 7.20. The Labute approximate surface area is 252 Å². The number of pyridine rings is 1. The van der Waals surface area contributed by atoms with Gasteiger partial charge in [-0.15, -0.1) is 0 Å². The molecule has 0 aliphatic heterocycles. The summed E-state index contributed by atoms with van der Waals surface area (Å²) in [7, 11) is 3.28. The van der Waals surface area contributed by atoms with Crippen molar-refractivity contribution in [2.75, 3.05) is 11.9 Å². The molecule has 0 saturated heterocycles. The van der Waals surface area contributed by atoms with E-state index in [0.29, 0.717) is 39.3 Å². The van der Waals surface area contributed by atoms with Crippen molar-refractivity contribution in [1.29, 1.82) is 5.26 Å². The van der Waals surface area contributed by atoms with Crippen LogP contribution in [0.2, 0.25) is 10.0 Å². The number of rotatable bonds is 7. The molecule has 0 spiro atoms. The number of nitrogens with zero attached hydrogens (tertiary/aromatic N) is 4. The number of benzene rings is 3. The van der Waals surface area contributed by atoms with Crippen LogP contribution in [0, 0.1) is 18.3 Å². The highest BCUT2D eigenvalue weighted by molar-refractivity contribution is 6.43. The van der Waals surface area contributed by atoms with Gasteiger partial charge in [-0.05, 0) is 67.6 Å². The predicted molar refractivity (Wildman–Crippen MR) is 163 cm³/mol. The average molecular weight is 595 g/mol. The summed E-state index contributed by atoms with van der Waals surface area (Å²) in [5.41, 5.74) is 3.98. The Balaban J connectivity index is 1.41. The normalized spacial score (nSPS) is 10.9. The fourth-order valence-corrected chi connectivity index (χ4v) is 5.45. The topological polar surface area (TPSA) is 96.1 Å². The summed E-state index contributed by atoms with van der Waals surface area (Å²) in [6.45, 7) is 1.85. The van der Waals surface area contributed by atoms with Gasteiger partial charge in [0.15, 0.2) is 5.78 Å². The van der Waals surface area contributed by atoms with Gasteiger partial charge in [-0.2, -0.15) is 5.26 Å². The van der Waals surface area contributed by atoms with Crippen molar-refractivity contribution in [2.45, 2.75) is 13.3 Å². The van der Waals surface area contributed by atoms with Crippen molar-refractivity contribution < 1.29 is 14.4 Å². The first-order chi connectivity index (χ1) is 20.1. The van der Waals surface area contributed by atoms with Gasteiger partial charge in [-0.1, -0.05) is 41.4 Å². The molecule has 0 aliphatic carbocycles. The molecule has 0 saturated carbocycles. The molecular formula is C33H24Cl2N4O3. The van der Waals surface area contributed by atoms with Gasteiger partial charge >= 0.3 is 0 Å². The summed E-state index contributed by atoms with van der Waals surface area (Å²) in [5.74, 6) is -0.931. The lowest BCUT2D eigenvalue weighted by Gasteiger charge is -2.21. The quantitative estimate of drug-likeness (QED) is 0.195. The van der Waals surface area contributed by atoms with Crippen LogP contribution in [0.1, 0.15) is 48.9 Å². The number of hydrogen-bond acceptors (Lipinski definition) is 5. The number of anilines is 1. The minimum atomic E-state index is -0.398. The molecule has 0 N–H and O–H groups in total. The van der Waals surface area contributed by atoms with Gasteiger partial charge in [-0.25, -0.2) is 0 Å². The van der Waals surface area contributed by atoms with Crippen LogP contribution in [0.3, 0.4) is 0 Å². The summed E-state index contributed by atoms with van der Waals surface area (Å²) < 4.78 is 1.67. The van der Waals surface area contributed by atoms with Crippen molar-refractivity contribution in [3.63, 3.8) is 0 Å². The van der Waals surface area contributed by atoms with Crippen LogP contribution < -0.4 is 4.90 Å². The second-order valence-electron chi connectivity index (χ2n) is 9.83. The number of carbonyl (C=O) groups is 3. The van der Waals surface area contributed by atoms with Gasteiger partial charge in [-0.3, -0.25) is 19.4 Å². The van der Waals surface area contributed by atoms with E-state index in [1.165, 1.54) is 4.90 Å². The SMILES string of the molecule is Cc1ccc2cccc(C(=O)c3c(Cl)ccc(N(C)C(=O)Cc4ccc(C(=O)c5ccc(C#N)cc5)n4C)c3Cl)c2n1. The lowest BCUT2D eigenvalue weighted by atomic mass is 9.99. The number of hydrogen-bond donors (Lipinski definition) is 0. The Morgan fingerprint density at radius 1 is 0.929 bits per heavy atom. The van der Waals surface area contributed by atoms with E-state index in [1.54, 1.807) is 79.3 Å². The van der Waals surface area contributed by atoms with Crippen molar-refractivity contribution in [2.24, 2.45) is 7.05 Å². The molecule has 1 amide bonds. The number of nitriles is 1. The van der Waals surface area contributed by atoms with Gasteiger partial charge < -0.3 is 9.47 Å². The molecule has 9 heteroatoms. The summed E-state index contributed by atoms with van der Waals surface area (Å²) in [6, 6.07) is 24.0. The Morgan fingerprint density at radius 3 is 2.38 bits per heavy atom. The molecule has 208 valence electrons. The average Bonchev–Trinajstić information content (AvgIpc) is 3.35. The molecule has 0 unspecified atom stereocenters. The zero-order chi connectivity index (χ0) is 30.1. The van der Waals surface area contributed by atoms with E-state index in [9.17, 15) is 14.4 Å². The number of fused-ring (bicyclic) bond motifs is 1. The van der Waals surface area contributed by atoms with Crippen LogP contribution in [0.25, 0.3) is 10.9 Å². The van der Waals surface area contributed by atoms with E-state index in [0.717, 1.165) is 11.1 Å². The molecule has 3 aromatic carbocycles. The number of para-hydroxylation sites is 1. The Morgan fingerprint density at radius 2 is 1.67 bits per heavy atom. The fraction of sp³-hybridized carbons (Fsp3) is 0.121. The number of aryl methyl sites for hydroxylation is 1. The third-order valence-corrected chi connectivity index (χ3v) is 7.90. The van der Waals surface area contributed by atoms with Gasteiger partial charge in [0.25, 0.3) is 0 Å². The number of ketones is 2. The maximum Gasteiger partial charge on any atom is 0.232 e. The number of aromatic nitrogens is 2. The van der Waals surface area contributed by atoms with Crippen LogP contribution >= 0.6 is 23.2 Å². The number of carbonyl (C=O) groups excluding carboxylic acids is 3. The smallest absolute Gasteiger partial charge is 0.232 e. The minimum absolute atomic E-state index is 0.0254. The minimum Gasteiger partial charge on any atom is -0.344 e. The third kappa shape index (κ3) is 5.30. The Kier molecular flexibility index (Phi) is 7.95. The predicted octanol–water partition coefficient (Wildman–Crippen LogP) is 6.73. The Hall–Kier alpha value is -4.77. The molecular weight excluding hydrogens is 571 g/mol. The monoisotopic (exact) mass is 594 g/mol. The highest BCUT2D eigenvalue weighted by atomic mass is 35.5. The van der Waals surface area contributed by atoms with Crippen molar-refractivity contribution >= 4 is 57.3 Å². The largest absolute Gasteiger partial charge is 0.344 e. The van der Waals surface area contributed by atoms with Crippen LogP contribution in [0.5, 0.6) is 0 Å². The number of amides is 1. The van der Waals surface area contributed by atoms with Crippen molar-refractivity contribution in [3.8, 4) is 6.07 Å². The molecule has 7 nitrogen and oxygen atoms in total. The molecule has 5 rings (SSSR count). The van der Waals surface area contributed by atoms with E-state index < -0.39 is 5.78 Å². The van der Waals surface area contributed by atoms with Crippen LogP contribution in [-0.2, 0) is 18.3 Å². The van der Waals surface area contributed by atoms with Gasteiger partial charge in [0, 0.05) is 42.0 Å². The second kappa shape index (κ2) is 11.6. The second-order valence-corrected chi connectivity index (χ2v) is 10.6. The van der Waals surface area contributed by atoms with Crippen LogP contribution in [-0.4, -0.2) is 34.1 Å². The van der Waals surface area contributed by atoms with E-state index in [2.05, 4.69) is 4.98 Å². The van der Waals surface area contributed by atoms with E-state index >= 15 is 0 Å². The molecule has 42 heavy (non-hydrogen) atoms. The standard InChI is InChI=1S/C33H24Cl2N4O3/c1-19-7-10-21-5-4-6-24(31(21)37-19)33(42)29-25(34)14-16-26(30(29)35)39(3)28(40)17-23-13-15-27(38(23)2)32(41)22-11-8-20(18-36)9-12-22/h4-16H,17H2,1-3H3. The lowest BCUT2D eigenvalue weighted by Crippen LogP contribution is -2.29. The molecule has 0 radical (unpaired) electrons. The van der Waals surface area contributed by atoms with E-state index in [4.69, 9.17) is 28.5 Å². The summed E-state index contributed by atoms with van der Waals surface area (Å²) in [6.07, 6.45) is -0.0254. The van der Waals surface area contributed by atoms with Gasteiger partial charge in [0.1, 0.15) is 0 Å². The number of likely N-dealkylation sites (N-methyl/N-ethyl adjacent to an activating group) is 1. The van der Waals surface area contributed by atoms with E-state index in [1.807, 2.05) is 31.2 Å². The molecule has 5 aromatic rings. The molecule has 0 atom stereocenters. The van der Waals surface area contributed by atoms with E-state index in [-0.39, 0.29) is 33.7 Å². The molecule has 0 bridgehead atoms. The van der Waals surface area contributed by atoms with Crippen molar-refractivity contribution in [1.82, 2.24) is 9.55 Å². The molecule has 2 aromatic heterocycles. The first-order valence-electron chi connectivity index (χ1n) is 13.0. The number of halogens is 2.